The Labute approximate surface area is 124 Å². The molecule has 112 valence electrons. The molecule has 0 fully saturated rings. The van der Waals surface area contributed by atoms with Gasteiger partial charge in [0.1, 0.15) is 0 Å². The number of hydrogen-bond donors (Lipinski definition) is 3. The van der Waals surface area contributed by atoms with Gasteiger partial charge in [0, 0.05) is 30.2 Å². The first-order chi connectivity index (χ1) is 10.0. The number of urea groups is 1. The largest absolute Gasteiger partial charge is 0.399 e. The Morgan fingerprint density at radius 1 is 1.29 bits per heavy atom. The summed E-state index contributed by atoms with van der Waals surface area (Å²) in [4.78, 5) is 11.7. The van der Waals surface area contributed by atoms with E-state index in [1.54, 1.807) is 24.3 Å². The molecule has 0 aliphatic carbocycles. The van der Waals surface area contributed by atoms with E-state index in [2.05, 4.69) is 15.7 Å². The molecular weight excluding hydrogens is 266 g/mol. The van der Waals surface area contributed by atoms with Gasteiger partial charge < -0.3 is 16.4 Å². The highest BCUT2D eigenvalue weighted by molar-refractivity contribution is 5.89. The lowest BCUT2D eigenvalue weighted by molar-refractivity contribution is 0.251. The summed E-state index contributed by atoms with van der Waals surface area (Å²) in [5, 5.41) is 9.95. The molecule has 0 aliphatic heterocycles. The molecule has 6 heteroatoms. The summed E-state index contributed by atoms with van der Waals surface area (Å²) in [6.07, 6.45) is 0.830. The van der Waals surface area contributed by atoms with E-state index in [0.717, 1.165) is 30.0 Å². The van der Waals surface area contributed by atoms with Crippen molar-refractivity contribution in [3.63, 3.8) is 0 Å². The molecule has 1 heterocycles. The Bertz CT molecular complexity index is 603. The maximum absolute atomic E-state index is 11.7. The van der Waals surface area contributed by atoms with Crippen LogP contribution in [0.15, 0.2) is 30.3 Å². The van der Waals surface area contributed by atoms with Crippen molar-refractivity contribution < 1.29 is 4.79 Å². The molecule has 1 aromatic heterocycles. The van der Waals surface area contributed by atoms with E-state index < -0.39 is 0 Å². The van der Waals surface area contributed by atoms with E-state index in [1.165, 1.54) is 0 Å². The topological polar surface area (TPSA) is 85.0 Å². The van der Waals surface area contributed by atoms with E-state index in [-0.39, 0.29) is 6.03 Å². The third kappa shape index (κ3) is 4.52. The fraction of sp³-hybridized carbons (Fsp3) is 0.333. The highest BCUT2D eigenvalue weighted by atomic mass is 16.2. The standard InChI is InChI=1S/C15H21N5O/c1-11-10-12(2)20(19-11)9-3-8-17-15(21)18-14-6-4-13(16)5-7-14/h4-7,10H,3,8-9,16H2,1-2H3,(H2,17,18,21). The van der Waals surface area contributed by atoms with E-state index in [4.69, 9.17) is 5.73 Å². The summed E-state index contributed by atoms with van der Waals surface area (Å²) in [6.45, 7) is 5.39. The number of carbonyl (C=O) groups excluding carboxylic acids is 1. The molecule has 2 amide bonds. The smallest absolute Gasteiger partial charge is 0.319 e. The van der Waals surface area contributed by atoms with Crippen molar-refractivity contribution in [3.8, 4) is 0 Å². The molecule has 0 spiro atoms. The van der Waals surface area contributed by atoms with Crippen molar-refractivity contribution in [3.05, 3.63) is 41.7 Å². The lowest BCUT2D eigenvalue weighted by atomic mass is 10.3. The molecule has 0 atom stereocenters. The first-order valence-electron chi connectivity index (χ1n) is 6.96. The summed E-state index contributed by atoms with van der Waals surface area (Å²) in [5.74, 6) is 0. The molecule has 4 N–H and O–H groups in total. The Hall–Kier alpha value is -2.50. The predicted octanol–water partition coefficient (Wildman–Crippen LogP) is 2.29. The molecule has 0 aliphatic rings. The summed E-state index contributed by atoms with van der Waals surface area (Å²) >= 11 is 0. The number of benzene rings is 1. The average molecular weight is 287 g/mol. The highest BCUT2D eigenvalue weighted by Crippen LogP contribution is 2.10. The maximum atomic E-state index is 11.7. The molecule has 2 rings (SSSR count). The molecule has 0 unspecified atom stereocenters. The molecule has 2 aromatic rings. The second-order valence-corrected chi connectivity index (χ2v) is 5.01. The second kappa shape index (κ2) is 6.78. The van der Waals surface area contributed by atoms with Gasteiger partial charge in [0.25, 0.3) is 0 Å². The number of carbonyl (C=O) groups is 1. The number of anilines is 2. The quantitative estimate of drug-likeness (QED) is 0.582. The fourth-order valence-corrected chi connectivity index (χ4v) is 2.07. The van der Waals surface area contributed by atoms with Gasteiger partial charge in [-0.25, -0.2) is 4.79 Å². The monoisotopic (exact) mass is 287 g/mol. The third-order valence-corrected chi connectivity index (χ3v) is 3.10. The van der Waals surface area contributed by atoms with Gasteiger partial charge >= 0.3 is 6.03 Å². The van der Waals surface area contributed by atoms with Gasteiger partial charge in [0.2, 0.25) is 0 Å². The number of aromatic nitrogens is 2. The van der Waals surface area contributed by atoms with Crippen molar-refractivity contribution >= 4 is 17.4 Å². The van der Waals surface area contributed by atoms with Crippen molar-refractivity contribution in [2.75, 3.05) is 17.6 Å². The van der Waals surface area contributed by atoms with Crippen LogP contribution in [0.25, 0.3) is 0 Å². The van der Waals surface area contributed by atoms with Crippen LogP contribution in [0, 0.1) is 13.8 Å². The molecule has 0 radical (unpaired) electrons. The van der Waals surface area contributed by atoms with E-state index in [1.807, 2.05) is 24.6 Å². The van der Waals surface area contributed by atoms with Gasteiger partial charge in [0.15, 0.2) is 0 Å². The summed E-state index contributed by atoms with van der Waals surface area (Å²) < 4.78 is 1.95. The number of nitrogens with zero attached hydrogens (tertiary/aromatic N) is 2. The zero-order chi connectivity index (χ0) is 15.2. The minimum absolute atomic E-state index is 0.215. The van der Waals surface area contributed by atoms with Crippen LogP contribution in [-0.2, 0) is 6.54 Å². The lowest BCUT2D eigenvalue weighted by Gasteiger charge is -2.08. The van der Waals surface area contributed by atoms with Gasteiger partial charge in [-0.05, 0) is 50.6 Å². The number of aryl methyl sites for hydroxylation is 3. The zero-order valence-corrected chi connectivity index (χ0v) is 12.4. The fourth-order valence-electron chi connectivity index (χ4n) is 2.07. The molecular formula is C15H21N5O. The van der Waals surface area contributed by atoms with Gasteiger partial charge in [-0.2, -0.15) is 5.10 Å². The summed E-state index contributed by atoms with van der Waals surface area (Å²) in [7, 11) is 0. The number of nitrogen functional groups attached to an aromatic ring is 1. The van der Waals surface area contributed by atoms with Crippen LogP contribution in [0.3, 0.4) is 0 Å². The number of hydrogen-bond acceptors (Lipinski definition) is 3. The van der Waals surface area contributed by atoms with Crippen LogP contribution in [0.4, 0.5) is 16.2 Å². The van der Waals surface area contributed by atoms with Gasteiger partial charge in [-0.15, -0.1) is 0 Å². The molecule has 6 nitrogen and oxygen atoms in total. The Morgan fingerprint density at radius 3 is 2.62 bits per heavy atom. The summed E-state index contributed by atoms with van der Waals surface area (Å²) in [5.41, 5.74) is 9.14. The Balaban J connectivity index is 1.70. The summed E-state index contributed by atoms with van der Waals surface area (Å²) in [6, 6.07) is 8.86. The number of nitrogens with one attached hydrogen (secondary N) is 2. The molecule has 0 saturated carbocycles. The molecule has 21 heavy (non-hydrogen) atoms. The van der Waals surface area contributed by atoms with E-state index in [9.17, 15) is 4.79 Å². The first kappa shape index (κ1) is 14.9. The highest BCUT2D eigenvalue weighted by Gasteiger charge is 2.02. The van der Waals surface area contributed by atoms with Gasteiger partial charge in [-0.1, -0.05) is 0 Å². The van der Waals surface area contributed by atoms with Crippen LogP contribution in [0.1, 0.15) is 17.8 Å². The van der Waals surface area contributed by atoms with Gasteiger partial charge in [0.05, 0.1) is 5.69 Å². The van der Waals surface area contributed by atoms with Gasteiger partial charge in [-0.3, -0.25) is 4.68 Å². The molecule has 1 aromatic carbocycles. The van der Waals surface area contributed by atoms with Crippen LogP contribution in [0.5, 0.6) is 0 Å². The first-order valence-corrected chi connectivity index (χ1v) is 6.96. The molecule has 0 saturated heterocycles. The minimum atomic E-state index is -0.215. The Kier molecular flexibility index (Phi) is 4.81. The van der Waals surface area contributed by atoms with Crippen molar-refractivity contribution in [1.82, 2.24) is 15.1 Å². The van der Waals surface area contributed by atoms with Crippen molar-refractivity contribution in [1.29, 1.82) is 0 Å². The molecule has 0 bridgehead atoms. The van der Waals surface area contributed by atoms with Crippen molar-refractivity contribution in [2.24, 2.45) is 0 Å². The average Bonchev–Trinajstić information content (AvgIpc) is 2.76. The Morgan fingerprint density at radius 2 is 2.00 bits per heavy atom. The number of rotatable bonds is 5. The van der Waals surface area contributed by atoms with Crippen LogP contribution < -0.4 is 16.4 Å². The van der Waals surface area contributed by atoms with Crippen LogP contribution in [-0.4, -0.2) is 22.4 Å². The zero-order valence-electron chi connectivity index (χ0n) is 12.4. The van der Waals surface area contributed by atoms with Crippen LogP contribution in [0.2, 0.25) is 0 Å². The SMILES string of the molecule is Cc1cc(C)n(CCCNC(=O)Nc2ccc(N)cc2)n1. The predicted molar refractivity (Wildman–Crippen MR) is 84.2 cm³/mol. The normalized spacial score (nSPS) is 10.4. The number of amides is 2. The van der Waals surface area contributed by atoms with E-state index in [0.29, 0.717) is 12.2 Å². The lowest BCUT2D eigenvalue weighted by Crippen LogP contribution is -2.30. The van der Waals surface area contributed by atoms with E-state index >= 15 is 0 Å². The third-order valence-electron chi connectivity index (χ3n) is 3.10. The van der Waals surface area contributed by atoms with Crippen molar-refractivity contribution in [2.45, 2.75) is 26.8 Å². The minimum Gasteiger partial charge on any atom is -0.399 e. The maximum Gasteiger partial charge on any atom is 0.319 e. The number of nitrogens with two attached hydrogens (primary N) is 1. The second-order valence-electron chi connectivity index (χ2n) is 5.01. The van der Waals surface area contributed by atoms with Crippen LogP contribution >= 0.6 is 0 Å².